The Morgan fingerprint density at radius 1 is 1.24 bits per heavy atom. The number of carbonyl (C=O) groups excluding carboxylic acids is 1. The average Bonchev–Trinajstić information content (AvgIpc) is 2.86. The SMILES string of the molecule is Cc1ncccc1C(=O)N1c2ccccc2C[C@H]1C(=O)O. The summed E-state index contributed by atoms with van der Waals surface area (Å²) in [6.07, 6.45) is 1.94. The molecular formula is C16H14N2O3. The molecule has 2 heterocycles. The van der Waals surface area contributed by atoms with Gasteiger partial charge in [0.05, 0.1) is 5.56 Å². The lowest BCUT2D eigenvalue weighted by atomic mass is 10.1. The minimum absolute atomic E-state index is 0.321. The van der Waals surface area contributed by atoms with E-state index in [1.807, 2.05) is 12.1 Å². The van der Waals surface area contributed by atoms with E-state index in [1.54, 1.807) is 37.4 Å². The van der Waals surface area contributed by atoms with Gasteiger partial charge in [-0.05, 0) is 30.7 Å². The van der Waals surface area contributed by atoms with E-state index in [-0.39, 0.29) is 5.91 Å². The molecule has 2 aromatic rings. The van der Waals surface area contributed by atoms with Gasteiger partial charge in [0.25, 0.3) is 5.91 Å². The molecule has 1 aromatic carbocycles. The van der Waals surface area contributed by atoms with Gasteiger partial charge in [-0.2, -0.15) is 0 Å². The zero-order chi connectivity index (χ0) is 15.0. The van der Waals surface area contributed by atoms with E-state index >= 15 is 0 Å². The zero-order valence-electron chi connectivity index (χ0n) is 11.5. The van der Waals surface area contributed by atoms with E-state index in [0.717, 1.165) is 5.56 Å². The molecule has 0 saturated heterocycles. The van der Waals surface area contributed by atoms with Gasteiger partial charge < -0.3 is 5.11 Å². The van der Waals surface area contributed by atoms with Crippen LogP contribution >= 0.6 is 0 Å². The van der Waals surface area contributed by atoms with E-state index in [9.17, 15) is 14.7 Å². The molecule has 3 rings (SSSR count). The Bertz CT molecular complexity index is 727. The van der Waals surface area contributed by atoms with Crippen molar-refractivity contribution in [2.24, 2.45) is 0 Å². The highest BCUT2D eigenvalue weighted by atomic mass is 16.4. The van der Waals surface area contributed by atoms with Crippen molar-refractivity contribution in [3.05, 3.63) is 59.4 Å². The molecule has 1 amide bonds. The maximum Gasteiger partial charge on any atom is 0.327 e. The lowest BCUT2D eigenvalue weighted by Gasteiger charge is -2.23. The van der Waals surface area contributed by atoms with Crippen LogP contribution in [0.15, 0.2) is 42.6 Å². The smallest absolute Gasteiger partial charge is 0.327 e. The molecule has 0 fully saturated rings. The highest BCUT2D eigenvalue weighted by Crippen LogP contribution is 2.33. The van der Waals surface area contributed by atoms with Crippen LogP contribution in [0.4, 0.5) is 5.69 Å². The number of nitrogens with zero attached hydrogens (tertiary/aromatic N) is 2. The van der Waals surface area contributed by atoms with E-state index in [1.165, 1.54) is 4.90 Å². The van der Waals surface area contributed by atoms with Gasteiger partial charge >= 0.3 is 5.97 Å². The Morgan fingerprint density at radius 2 is 2.00 bits per heavy atom. The summed E-state index contributed by atoms with van der Waals surface area (Å²) in [4.78, 5) is 29.7. The molecule has 1 aromatic heterocycles. The lowest BCUT2D eigenvalue weighted by Crippen LogP contribution is -2.43. The van der Waals surface area contributed by atoms with E-state index in [4.69, 9.17) is 0 Å². The number of hydrogen-bond acceptors (Lipinski definition) is 3. The molecule has 0 bridgehead atoms. The molecule has 1 atom stereocenters. The number of fused-ring (bicyclic) bond motifs is 1. The number of carbonyl (C=O) groups is 2. The number of anilines is 1. The minimum atomic E-state index is -0.999. The molecular weight excluding hydrogens is 268 g/mol. The number of carboxylic acids is 1. The first-order valence-electron chi connectivity index (χ1n) is 6.65. The summed E-state index contributed by atoms with van der Waals surface area (Å²) in [5.41, 5.74) is 2.56. The molecule has 1 aliphatic rings. The van der Waals surface area contributed by atoms with Crippen LogP contribution in [-0.4, -0.2) is 28.0 Å². The molecule has 0 unspecified atom stereocenters. The molecule has 1 N–H and O–H groups in total. The quantitative estimate of drug-likeness (QED) is 0.915. The van der Waals surface area contributed by atoms with Gasteiger partial charge in [-0.25, -0.2) is 4.79 Å². The molecule has 5 heteroatoms. The van der Waals surface area contributed by atoms with Crippen LogP contribution in [0, 0.1) is 6.92 Å². The van der Waals surface area contributed by atoms with Gasteiger partial charge in [-0.15, -0.1) is 0 Å². The normalized spacial score (nSPS) is 16.6. The first-order chi connectivity index (χ1) is 10.1. The Hall–Kier alpha value is -2.69. The number of aromatic nitrogens is 1. The van der Waals surface area contributed by atoms with Crippen LogP contribution in [-0.2, 0) is 11.2 Å². The van der Waals surface area contributed by atoms with Crippen LogP contribution in [0.2, 0.25) is 0 Å². The van der Waals surface area contributed by atoms with Gasteiger partial charge in [-0.1, -0.05) is 18.2 Å². The molecule has 21 heavy (non-hydrogen) atoms. The third-order valence-electron chi connectivity index (χ3n) is 3.72. The largest absolute Gasteiger partial charge is 0.480 e. The summed E-state index contributed by atoms with van der Waals surface area (Å²) < 4.78 is 0. The highest BCUT2D eigenvalue weighted by Gasteiger charge is 2.38. The van der Waals surface area contributed by atoms with Crippen LogP contribution < -0.4 is 4.90 Å². The van der Waals surface area contributed by atoms with Crippen LogP contribution in [0.1, 0.15) is 21.6 Å². The standard InChI is InChI=1S/C16H14N2O3/c1-10-12(6-4-8-17-10)15(19)18-13-7-3-2-5-11(13)9-14(18)16(20)21/h2-8,14H,9H2,1H3,(H,20,21)/t14-/m0/s1. The van der Waals surface area contributed by atoms with Gasteiger partial charge in [0, 0.05) is 24.0 Å². The number of aliphatic carboxylic acids is 1. The molecule has 0 spiro atoms. The second-order valence-corrected chi connectivity index (χ2v) is 5.00. The first kappa shape index (κ1) is 13.3. The summed E-state index contributed by atoms with van der Waals surface area (Å²) >= 11 is 0. The van der Waals surface area contributed by atoms with Gasteiger partial charge in [0.1, 0.15) is 6.04 Å². The third kappa shape index (κ3) is 2.16. The predicted molar refractivity (Wildman–Crippen MR) is 77.4 cm³/mol. The number of rotatable bonds is 2. The van der Waals surface area contributed by atoms with Crippen LogP contribution in [0.5, 0.6) is 0 Å². The monoisotopic (exact) mass is 282 g/mol. The molecule has 0 saturated carbocycles. The van der Waals surface area contributed by atoms with Crippen LogP contribution in [0.25, 0.3) is 0 Å². The van der Waals surface area contributed by atoms with Crippen molar-refractivity contribution in [2.75, 3.05) is 4.90 Å². The first-order valence-corrected chi connectivity index (χ1v) is 6.65. The summed E-state index contributed by atoms with van der Waals surface area (Å²) in [6, 6.07) is 9.77. The second kappa shape index (κ2) is 5.01. The van der Waals surface area contributed by atoms with Crippen molar-refractivity contribution in [3.8, 4) is 0 Å². The Balaban J connectivity index is 2.08. The maximum atomic E-state index is 12.8. The van der Waals surface area contributed by atoms with Gasteiger partial charge in [0.2, 0.25) is 0 Å². The Morgan fingerprint density at radius 3 is 2.71 bits per heavy atom. The fourth-order valence-corrected chi connectivity index (χ4v) is 2.67. The Labute approximate surface area is 121 Å². The van der Waals surface area contributed by atoms with Crippen molar-refractivity contribution in [2.45, 2.75) is 19.4 Å². The summed E-state index contributed by atoms with van der Waals surface area (Å²) in [7, 11) is 0. The van der Waals surface area contributed by atoms with Gasteiger partial charge in [-0.3, -0.25) is 14.7 Å². The van der Waals surface area contributed by atoms with Crippen molar-refractivity contribution in [1.82, 2.24) is 4.98 Å². The summed E-state index contributed by atoms with van der Waals surface area (Å²) in [6.45, 7) is 1.74. The molecule has 106 valence electrons. The molecule has 5 nitrogen and oxygen atoms in total. The summed E-state index contributed by atoms with van der Waals surface area (Å²) in [5, 5.41) is 9.41. The molecule has 0 radical (unpaired) electrons. The van der Waals surface area contributed by atoms with E-state index in [2.05, 4.69) is 4.98 Å². The van der Waals surface area contributed by atoms with Crippen molar-refractivity contribution >= 4 is 17.6 Å². The number of amides is 1. The van der Waals surface area contributed by atoms with Crippen molar-refractivity contribution < 1.29 is 14.7 Å². The number of carboxylic acid groups (broad SMARTS) is 1. The number of pyridine rings is 1. The topological polar surface area (TPSA) is 70.5 Å². The molecule has 0 aliphatic carbocycles. The molecule has 1 aliphatic heterocycles. The number of benzene rings is 1. The van der Waals surface area contributed by atoms with Gasteiger partial charge in [0.15, 0.2) is 0 Å². The fraction of sp³-hybridized carbons (Fsp3) is 0.188. The Kier molecular flexibility index (Phi) is 3.17. The van der Waals surface area contributed by atoms with Crippen LogP contribution in [0.3, 0.4) is 0 Å². The lowest BCUT2D eigenvalue weighted by molar-refractivity contribution is -0.138. The van der Waals surface area contributed by atoms with E-state index < -0.39 is 12.0 Å². The summed E-state index contributed by atoms with van der Waals surface area (Å²) in [5.74, 6) is -1.32. The number of hydrogen-bond donors (Lipinski definition) is 1. The third-order valence-corrected chi connectivity index (χ3v) is 3.72. The highest BCUT2D eigenvalue weighted by molar-refractivity contribution is 6.11. The second-order valence-electron chi connectivity index (χ2n) is 5.00. The number of aryl methyl sites for hydroxylation is 1. The zero-order valence-corrected chi connectivity index (χ0v) is 11.5. The average molecular weight is 282 g/mol. The minimum Gasteiger partial charge on any atom is -0.480 e. The van der Waals surface area contributed by atoms with E-state index in [0.29, 0.717) is 23.4 Å². The predicted octanol–water partition coefficient (Wildman–Crippen LogP) is 2.05. The van der Waals surface area contributed by atoms with Crippen molar-refractivity contribution in [1.29, 1.82) is 0 Å². The number of para-hydroxylation sites is 1. The van der Waals surface area contributed by atoms with Crippen molar-refractivity contribution in [3.63, 3.8) is 0 Å². The maximum absolute atomic E-state index is 12.8. The fourth-order valence-electron chi connectivity index (χ4n) is 2.67.